The number of aryl methyl sites for hydroxylation is 1. The molecule has 2 aromatic rings. The predicted molar refractivity (Wildman–Crippen MR) is 77.4 cm³/mol. The lowest BCUT2D eigenvalue weighted by atomic mass is 10.0. The van der Waals surface area contributed by atoms with Gasteiger partial charge in [0.25, 0.3) is 0 Å². The molecular formula is C15H15ClN2O2. The Bertz CT molecular complexity index is 629. The van der Waals surface area contributed by atoms with Gasteiger partial charge in [-0.15, -0.1) is 0 Å². The molecule has 0 fully saturated rings. The fourth-order valence-electron chi connectivity index (χ4n) is 1.89. The summed E-state index contributed by atoms with van der Waals surface area (Å²) in [6.45, 7) is 4.41. The van der Waals surface area contributed by atoms with Crippen LogP contribution < -0.4 is 4.74 Å². The molecule has 0 aliphatic heterocycles. The number of hydrogen-bond donors (Lipinski definition) is 0. The van der Waals surface area contributed by atoms with Crippen molar-refractivity contribution in [3.05, 3.63) is 52.6 Å². The van der Waals surface area contributed by atoms with E-state index in [-0.39, 0.29) is 17.5 Å². The van der Waals surface area contributed by atoms with Crippen LogP contribution in [-0.2, 0) is 6.42 Å². The third kappa shape index (κ3) is 3.78. The van der Waals surface area contributed by atoms with Crippen LogP contribution in [0.15, 0.2) is 30.5 Å². The lowest BCUT2D eigenvalue weighted by Crippen LogP contribution is -2.06. The predicted octanol–water partition coefficient (Wildman–Crippen LogP) is 3.26. The molecule has 2 rings (SSSR count). The topological polar surface area (TPSA) is 52.1 Å². The maximum absolute atomic E-state index is 12.3. The van der Waals surface area contributed by atoms with Crippen LogP contribution in [0.3, 0.4) is 0 Å². The van der Waals surface area contributed by atoms with E-state index in [2.05, 4.69) is 9.97 Å². The summed E-state index contributed by atoms with van der Waals surface area (Å²) in [7, 11) is 0. The summed E-state index contributed by atoms with van der Waals surface area (Å²) in [5.74, 6) is 0.681. The van der Waals surface area contributed by atoms with Crippen LogP contribution in [0.2, 0.25) is 5.28 Å². The van der Waals surface area contributed by atoms with Crippen molar-refractivity contribution < 1.29 is 9.53 Å². The third-order valence-corrected chi connectivity index (χ3v) is 2.89. The lowest BCUT2D eigenvalue weighted by molar-refractivity contribution is 0.0991. The van der Waals surface area contributed by atoms with Crippen LogP contribution >= 0.6 is 11.6 Å². The monoisotopic (exact) mass is 290 g/mol. The number of carbonyl (C=O) groups excluding carboxylic acids is 1. The van der Waals surface area contributed by atoms with Gasteiger partial charge in [-0.3, -0.25) is 4.79 Å². The summed E-state index contributed by atoms with van der Waals surface area (Å²) in [6.07, 6.45) is 1.73. The quantitative estimate of drug-likeness (QED) is 0.626. The third-order valence-electron chi connectivity index (χ3n) is 2.71. The molecule has 104 valence electrons. The van der Waals surface area contributed by atoms with Crippen molar-refractivity contribution in [1.82, 2.24) is 9.97 Å². The zero-order valence-corrected chi connectivity index (χ0v) is 12.1. The summed E-state index contributed by atoms with van der Waals surface area (Å²) < 4.78 is 5.45. The Morgan fingerprint density at radius 2 is 2.15 bits per heavy atom. The van der Waals surface area contributed by atoms with Crippen molar-refractivity contribution in [2.75, 3.05) is 6.61 Å². The molecule has 0 atom stereocenters. The zero-order chi connectivity index (χ0) is 14.5. The molecule has 0 spiro atoms. The second-order valence-electron chi connectivity index (χ2n) is 4.38. The molecule has 0 radical (unpaired) electrons. The Morgan fingerprint density at radius 3 is 2.85 bits per heavy atom. The number of rotatable bonds is 5. The van der Waals surface area contributed by atoms with E-state index in [9.17, 15) is 4.79 Å². The Hall–Kier alpha value is -1.94. The van der Waals surface area contributed by atoms with Crippen molar-refractivity contribution in [2.24, 2.45) is 0 Å². The van der Waals surface area contributed by atoms with Crippen molar-refractivity contribution in [1.29, 1.82) is 0 Å². The van der Waals surface area contributed by atoms with E-state index < -0.39 is 0 Å². The summed E-state index contributed by atoms with van der Waals surface area (Å²) in [5.41, 5.74) is 2.21. The van der Waals surface area contributed by atoms with Crippen molar-refractivity contribution in [3.8, 4) is 5.75 Å². The average molecular weight is 291 g/mol. The molecule has 0 amide bonds. The molecule has 4 nitrogen and oxygen atoms in total. The fourth-order valence-corrected chi connectivity index (χ4v) is 2.06. The number of nitrogens with zero attached hydrogens (tertiary/aromatic N) is 2. The SMILES string of the molecule is CCOc1cc(C)cc(C(=O)Cc2ccnc(Cl)n2)c1. The minimum absolute atomic E-state index is 0.0237. The largest absolute Gasteiger partial charge is 0.494 e. The molecule has 20 heavy (non-hydrogen) atoms. The van der Waals surface area contributed by atoms with E-state index in [0.29, 0.717) is 23.6 Å². The molecular weight excluding hydrogens is 276 g/mol. The molecule has 5 heteroatoms. The van der Waals surface area contributed by atoms with Gasteiger partial charge in [0.2, 0.25) is 5.28 Å². The number of halogens is 1. The van der Waals surface area contributed by atoms with Gasteiger partial charge in [-0.25, -0.2) is 9.97 Å². The molecule has 0 aliphatic carbocycles. The number of hydrogen-bond acceptors (Lipinski definition) is 4. The molecule has 0 unspecified atom stereocenters. The van der Waals surface area contributed by atoms with Gasteiger partial charge >= 0.3 is 0 Å². The van der Waals surface area contributed by atoms with E-state index in [1.54, 1.807) is 18.3 Å². The van der Waals surface area contributed by atoms with E-state index in [4.69, 9.17) is 16.3 Å². The van der Waals surface area contributed by atoms with Crippen molar-refractivity contribution >= 4 is 17.4 Å². The highest BCUT2D eigenvalue weighted by atomic mass is 35.5. The first-order chi connectivity index (χ1) is 9.58. The van der Waals surface area contributed by atoms with Crippen LogP contribution in [0.5, 0.6) is 5.75 Å². The van der Waals surface area contributed by atoms with Crippen molar-refractivity contribution in [3.63, 3.8) is 0 Å². The van der Waals surface area contributed by atoms with Gasteiger partial charge in [0.1, 0.15) is 5.75 Å². The van der Waals surface area contributed by atoms with Gasteiger partial charge in [-0.1, -0.05) is 0 Å². The first-order valence-electron chi connectivity index (χ1n) is 6.33. The van der Waals surface area contributed by atoms with E-state index in [1.165, 1.54) is 0 Å². The molecule has 1 heterocycles. The zero-order valence-electron chi connectivity index (χ0n) is 11.4. The normalized spacial score (nSPS) is 10.3. The van der Waals surface area contributed by atoms with Gasteiger partial charge in [0.15, 0.2) is 5.78 Å². The second kappa shape index (κ2) is 6.48. The van der Waals surface area contributed by atoms with E-state index in [1.807, 2.05) is 26.0 Å². The van der Waals surface area contributed by atoms with Gasteiger partial charge < -0.3 is 4.74 Å². The molecule has 0 saturated carbocycles. The Balaban J connectivity index is 2.20. The lowest BCUT2D eigenvalue weighted by Gasteiger charge is -2.07. The van der Waals surface area contributed by atoms with Gasteiger partial charge in [0, 0.05) is 11.8 Å². The number of Topliss-reactive ketones (excluding diaryl/α,β-unsaturated/α-hetero) is 1. The Kier molecular flexibility index (Phi) is 4.69. The van der Waals surface area contributed by atoms with Crippen LogP contribution in [0.1, 0.15) is 28.5 Å². The number of ether oxygens (including phenoxy) is 1. The van der Waals surface area contributed by atoms with Crippen LogP contribution in [0.25, 0.3) is 0 Å². The average Bonchev–Trinajstić information content (AvgIpc) is 2.38. The van der Waals surface area contributed by atoms with E-state index >= 15 is 0 Å². The number of carbonyl (C=O) groups is 1. The molecule has 0 bridgehead atoms. The van der Waals surface area contributed by atoms with Crippen LogP contribution in [0, 0.1) is 6.92 Å². The molecule has 0 saturated heterocycles. The Labute approximate surface area is 122 Å². The minimum atomic E-state index is -0.0237. The highest BCUT2D eigenvalue weighted by molar-refractivity contribution is 6.28. The maximum Gasteiger partial charge on any atom is 0.222 e. The summed E-state index contributed by atoms with van der Waals surface area (Å²) >= 11 is 5.71. The number of ketones is 1. The highest BCUT2D eigenvalue weighted by Gasteiger charge is 2.11. The molecule has 0 N–H and O–H groups in total. The van der Waals surface area contributed by atoms with Crippen molar-refractivity contribution in [2.45, 2.75) is 20.3 Å². The standard InChI is InChI=1S/C15H15ClN2O2/c1-3-20-13-7-10(2)6-11(8-13)14(19)9-12-4-5-17-15(16)18-12/h4-8H,3,9H2,1-2H3. The first kappa shape index (κ1) is 14.5. The van der Waals surface area contributed by atoms with Gasteiger partial charge in [-0.05, 0) is 55.3 Å². The summed E-state index contributed by atoms with van der Waals surface area (Å²) in [4.78, 5) is 20.1. The number of benzene rings is 1. The summed E-state index contributed by atoms with van der Waals surface area (Å²) in [6, 6.07) is 7.18. The first-order valence-corrected chi connectivity index (χ1v) is 6.71. The van der Waals surface area contributed by atoms with Crippen LogP contribution in [-0.4, -0.2) is 22.4 Å². The van der Waals surface area contributed by atoms with Crippen LogP contribution in [0.4, 0.5) is 0 Å². The smallest absolute Gasteiger partial charge is 0.222 e. The second-order valence-corrected chi connectivity index (χ2v) is 4.72. The van der Waals surface area contributed by atoms with Gasteiger partial charge in [0.05, 0.1) is 18.7 Å². The van der Waals surface area contributed by atoms with Gasteiger partial charge in [-0.2, -0.15) is 0 Å². The molecule has 0 aliphatic rings. The Morgan fingerprint density at radius 1 is 1.35 bits per heavy atom. The number of aromatic nitrogens is 2. The van der Waals surface area contributed by atoms with E-state index in [0.717, 1.165) is 5.56 Å². The highest BCUT2D eigenvalue weighted by Crippen LogP contribution is 2.18. The molecule has 1 aromatic heterocycles. The maximum atomic E-state index is 12.3. The molecule has 1 aromatic carbocycles. The fraction of sp³-hybridized carbons (Fsp3) is 0.267. The summed E-state index contributed by atoms with van der Waals surface area (Å²) in [5, 5.41) is 0.148. The minimum Gasteiger partial charge on any atom is -0.494 e.